The molecule has 1 aliphatic heterocycles. The molecule has 7 rings (SSSR count). The van der Waals surface area contributed by atoms with Gasteiger partial charge in [0.05, 0.1) is 6.10 Å². The maximum atomic E-state index is 14.4. The van der Waals surface area contributed by atoms with Crippen LogP contribution in [0, 0.1) is 28.6 Å². The number of carbonyl (C=O) groups is 2. The molecule has 1 heterocycles. The van der Waals surface area contributed by atoms with Crippen LogP contribution in [0.4, 0.5) is 0 Å². The fraction of sp³-hybridized carbons (Fsp3) is 0.590. The van der Waals surface area contributed by atoms with Gasteiger partial charge in [-0.2, -0.15) is 0 Å². The van der Waals surface area contributed by atoms with Crippen molar-refractivity contribution >= 4 is 11.6 Å². The van der Waals surface area contributed by atoms with Crippen molar-refractivity contribution in [2.75, 3.05) is 0 Å². The van der Waals surface area contributed by atoms with Crippen molar-refractivity contribution in [2.45, 2.75) is 118 Å². The number of aromatic hydroxyl groups is 1. The number of hydrogen-bond acceptors (Lipinski definition) is 7. The molecule has 1 aromatic rings. The fourth-order valence-corrected chi connectivity index (χ4v) is 10.6. The quantitative estimate of drug-likeness (QED) is 0.260. The van der Waals surface area contributed by atoms with Crippen molar-refractivity contribution < 1.29 is 34.8 Å². The summed E-state index contributed by atoms with van der Waals surface area (Å²) < 4.78 is 7.25. The van der Waals surface area contributed by atoms with Gasteiger partial charge in [0, 0.05) is 44.4 Å². The lowest BCUT2D eigenvalue weighted by atomic mass is 9.47. The van der Waals surface area contributed by atoms with Crippen LogP contribution in [-0.4, -0.2) is 32.0 Å². The number of ether oxygens (including phenoxy) is 1. The van der Waals surface area contributed by atoms with Crippen molar-refractivity contribution in [3.8, 4) is 5.75 Å². The Kier molecular flexibility index (Phi) is 6.39. The van der Waals surface area contributed by atoms with Crippen molar-refractivity contribution in [2.24, 2.45) is 28.6 Å². The number of aliphatic hydroxyl groups excluding tert-OH is 3. The van der Waals surface area contributed by atoms with E-state index in [1.165, 1.54) is 0 Å². The van der Waals surface area contributed by atoms with Crippen molar-refractivity contribution in [1.29, 1.82) is 0 Å². The molecule has 1 aromatic carbocycles. The molecule has 6 aliphatic rings. The number of benzene rings is 1. The molecule has 1 saturated carbocycles. The number of ketones is 2. The second-order valence-corrected chi connectivity index (χ2v) is 16.9. The summed E-state index contributed by atoms with van der Waals surface area (Å²) in [5, 5.41) is 47.2. The molecular weight excluding hydrogens is 580 g/mol. The standard InChI is InChI=1S/C39H48O7/c1-17(2)24-31(42)34(45)30-26-20(16-23-36(5,6)12-10-13-38(23,30)9)39(46-35(24)26)19-15-22(41)29-27(21(40)11-14-37(29,7)8)25(19)32(43)33(44)28(39)18(3)4/h15,17-18,21,23,40-41,44-45H,10-14,16H2,1-9H3. The molecule has 4 N–H and O–H groups in total. The summed E-state index contributed by atoms with van der Waals surface area (Å²) in [6, 6.07) is 1.62. The molecule has 0 radical (unpaired) electrons. The number of phenolic OH excluding ortho intramolecular Hbond substituents is 1. The lowest BCUT2D eigenvalue weighted by Crippen LogP contribution is -2.49. The minimum absolute atomic E-state index is 0.0188. The maximum Gasteiger partial charge on any atom is 0.228 e. The van der Waals surface area contributed by atoms with E-state index in [1.807, 2.05) is 41.5 Å². The first-order valence-electron chi connectivity index (χ1n) is 17.1. The van der Waals surface area contributed by atoms with E-state index in [2.05, 4.69) is 20.8 Å². The van der Waals surface area contributed by atoms with Crippen molar-refractivity contribution in [3.63, 3.8) is 0 Å². The molecule has 0 bridgehead atoms. The van der Waals surface area contributed by atoms with Crippen LogP contribution < -0.4 is 0 Å². The Morgan fingerprint density at radius 3 is 2.20 bits per heavy atom. The number of rotatable bonds is 2. The van der Waals surface area contributed by atoms with Gasteiger partial charge in [0.2, 0.25) is 11.6 Å². The summed E-state index contributed by atoms with van der Waals surface area (Å²) in [7, 11) is 0. The number of fused-ring (bicyclic) bond motifs is 7. The van der Waals surface area contributed by atoms with Crippen LogP contribution in [0.3, 0.4) is 0 Å². The summed E-state index contributed by atoms with van der Waals surface area (Å²) in [6.45, 7) is 18.3. The second-order valence-electron chi connectivity index (χ2n) is 16.9. The Morgan fingerprint density at radius 2 is 1.57 bits per heavy atom. The Bertz CT molecular complexity index is 1780. The van der Waals surface area contributed by atoms with Crippen molar-refractivity contribution in [3.05, 3.63) is 73.5 Å². The average molecular weight is 629 g/mol. The Balaban J connectivity index is 1.68. The van der Waals surface area contributed by atoms with E-state index in [-0.39, 0.29) is 40.2 Å². The first-order chi connectivity index (χ1) is 21.3. The van der Waals surface area contributed by atoms with E-state index in [0.717, 1.165) is 24.8 Å². The van der Waals surface area contributed by atoms with E-state index >= 15 is 0 Å². The molecule has 0 amide bonds. The van der Waals surface area contributed by atoms with E-state index in [4.69, 9.17) is 4.74 Å². The lowest BCUT2D eigenvalue weighted by Gasteiger charge is -2.56. The molecule has 1 fully saturated rings. The summed E-state index contributed by atoms with van der Waals surface area (Å²) in [5.41, 5.74) is 1.60. The van der Waals surface area contributed by atoms with Crippen LogP contribution >= 0.6 is 0 Å². The van der Waals surface area contributed by atoms with E-state index in [0.29, 0.717) is 64.0 Å². The van der Waals surface area contributed by atoms with Gasteiger partial charge in [-0.05, 0) is 77.9 Å². The topological polar surface area (TPSA) is 124 Å². The van der Waals surface area contributed by atoms with E-state index < -0.39 is 39.9 Å². The smallest absolute Gasteiger partial charge is 0.228 e. The molecule has 4 unspecified atom stereocenters. The third kappa shape index (κ3) is 3.58. The van der Waals surface area contributed by atoms with Gasteiger partial charge in [0.25, 0.3) is 0 Å². The first-order valence-corrected chi connectivity index (χ1v) is 17.1. The molecular formula is C39H48O7. The number of carbonyl (C=O) groups excluding carboxylic acids is 2. The zero-order valence-electron chi connectivity index (χ0n) is 28.6. The zero-order valence-corrected chi connectivity index (χ0v) is 28.6. The second kappa shape index (κ2) is 9.40. The summed E-state index contributed by atoms with van der Waals surface area (Å²) in [6.07, 6.45) is 3.31. The largest absolute Gasteiger partial charge is 0.508 e. The Hall–Kier alpha value is -3.32. The predicted octanol–water partition coefficient (Wildman–Crippen LogP) is 8.22. The highest BCUT2D eigenvalue weighted by Crippen LogP contribution is 2.71. The van der Waals surface area contributed by atoms with Gasteiger partial charge in [0.1, 0.15) is 11.5 Å². The number of Topliss-reactive ketones (excluding diaryl/α,β-unsaturated/α-hetero) is 2. The van der Waals surface area contributed by atoms with Crippen molar-refractivity contribution in [1.82, 2.24) is 0 Å². The van der Waals surface area contributed by atoms with Crippen LogP contribution in [0.2, 0.25) is 0 Å². The monoisotopic (exact) mass is 628 g/mol. The molecule has 7 nitrogen and oxygen atoms in total. The normalized spacial score (nSPS) is 32.7. The zero-order chi connectivity index (χ0) is 33.6. The van der Waals surface area contributed by atoms with Gasteiger partial charge in [0.15, 0.2) is 17.1 Å². The van der Waals surface area contributed by atoms with E-state index in [9.17, 15) is 30.0 Å². The fourth-order valence-electron chi connectivity index (χ4n) is 10.6. The van der Waals surface area contributed by atoms with Crippen LogP contribution in [0.15, 0.2) is 51.2 Å². The van der Waals surface area contributed by atoms with Gasteiger partial charge in [-0.15, -0.1) is 0 Å². The Labute approximate surface area is 271 Å². The average Bonchev–Trinajstić information content (AvgIpc) is 3.25. The number of phenols is 1. The van der Waals surface area contributed by atoms with E-state index in [1.54, 1.807) is 6.07 Å². The number of aliphatic hydroxyl groups is 3. The highest BCUT2D eigenvalue weighted by atomic mass is 16.5. The highest BCUT2D eigenvalue weighted by Gasteiger charge is 2.65. The first kappa shape index (κ1) is 31.3. The molecule has 4 atom stereocenters. The minimum Gasteiger partial charge on any atom is -0.508 e. The summed E-state index contributed by atoms with van der Waals surface area (Å²) >= 11 is 0. The molecule has 7 heteroatoms. The molecule has 46 heavy (non-hydrogen) atoms. The highest BCUT2D eigenvalue weighted by molar-refractivity contribution is 6.14. The van der Waals surface area contributed by atoms with Crippen LogP contribution in [-0.2, 0) is 20.5 Å². The minimum atomic E-state index is -1.52. The SMILES string of the molecule is CC(C)C1=C2OC3(C4=C2C(=C(O)C1=O)C1(C)CCCC(C)(C)C1C4)C(C(C)C)=C(O)C(=O)c1c3cc(O)c2c1C(O)CCC2(C)C. The molecule has 0 aromatic heterocycles. The third-order valence-corrected chi connectivity index (χ3v) is 12.6. The van der Waals surface area contributed by atoms with Gasteiger partial charge in [-0.1, -0.05) is 68.7 Å². The van der Waals surface area contributed by atoms with Gasteiger partial charge < -0.3 is 25.2 Å². The predicted molar refractivity (Wildman–Crippen MR) is 174 cm³/mol. The molecule has 5 aliphatic carbocycles. The summed E-state index contributed by atoms with van der Waals surface area (Å²) in [5.74, 6) is -1.94. The third-order valence-electron chi connectivity index (χ3n) is 12.6. The summed E-state index contributed by atoms with van der Waals surface area (Å²) in [4.78, 5) is 28.5. The number of allylic oxidation sites excluding steroid dienone is 3. The molecule has 1 spiro atoms. The van der Waals surface area contributed by atoms with Gasteiger partial charge >= 0.3 is 0 Å². The van der Waals surface area contributed by atoms with Crippen LogP contribution in [0.25, 0.3) is 0 Å². The number of hydrogen-bond donors (Lipinski definition) is 4. The maximum absolute atomic E-state index is 14.4. The molecule has 246 valence electrons. The van der Waals surface area contributed by atoms with Crippen LogP contribution in [0.1, 0.15) is 134 Å². The van der Waals surface area contributed by atoms with Crippen LogP contribution in [0.5, 0.6) is 5.75 Å². The van der Waals surface area contributed by atoms with Gasteiger partial charge in [-0.25, -0.2) is 0 Å². The lowest BCUT2D eigenvalue weighted by molar-refractivity contribution is -0.115. The van der Waals surface area contributed by atoms with Gasteiger partial charge in [-0.3, -0.25) is 9.59 Å². The molecule has 0 saturated heterocycles. The Morgan fingerprint density at radius 1 is 0.891 bits per heavy atom.